The third-order valence-electron chi connectivity index (χ3n) is 3.21. The second-order valence-corrected chi connectivity index (χ2v) is 4.34. The summed E-state index contributed by atoms with van der Waals surface area (Å²) in [7, 11) is 0. The molecule has 94 valence electrons. The summed E-state index contributed by atoms with van der Waals surface area (Å²) in [5, 5.41) is 2.84. The number of nitrogens with one attached hydrogen (secondary N) is 1. The van der Waals surface area contributed by atoms with Crippen molar-refractivity contribution in [1.82, 2.24) is 5.32 Å². The third kappa shape index (κ3) is 3.46. The summed E-state index contributed by atoms with van der Waals surface area (Å²) in [6.45, 7) is 4.51. The van der Waals surface area contributed by atoms with Gasteiger partial charge in [0.05, 0.1) is 5.56 Å². The number of rotatable bonds is 5. The average Bonchev–Trinajstić information content (AvgIpc) is 2.36. The Morgan fingerprint density at radius 1 is 1.29 bits per heavy atom. The highest BCUT2D eigenvalue weighted by Gasteiger charge is 2.21. The number of carbonyl (C=O) groups excluding carboxylic acids is 1. The zero-order chi connectivity index (χ0) is 12.9. The predicted molar refractivity (Wildman–Crippen MR) is 70.7 cm³/mol. The largest absolute Gasteiger partial charge is 0.398 e. The molecular formula is C13H21N3O. The molecule has 0 aliphatic carbocycles. The lowest BCUT2D eigenvalue weighted by molar-refractivity contribution is 0.0943. The molecule has 0 spiro atoms. The van der Waals surface area contributed by atoms with E-state index in [4.69, 9.17) is 11.5 Å². The Hall–Kier alpha value is -1.55. The lowest BCUT2D eigenvalue weighted by atomic mass is 9.94. The summed E-state index contributed by atoms with van der Waals surface area (Å²) in [6.07, 6.45) is 1.65. The molecule has 1 aromatic rings. The SMILES string of the molecule is CCC(N)(CC)CNC(=O)c1ccccc1N. The van der Waals surface area contributed by atoms with E-state index in [1.807, 2.05) is 13.8 Å². The van der Waals surface area contributed by atoms with Crippen LogP contribution in [0.2, 0.25) is 0 Å². The van der Waals surface area contributed by atoms with Crippen molar-refractivity contribution >= 4 is 11.6 Å². The monoisotopic (exact) mass is 235 g/mol. The van der Waals surface area contributed by atoms with Gasteiger partial charge in [-0.1, -0.05) is 26.0 Å². The Balaban J connectivity index is 2.65. The van der Waals surface area contributed by atoms with E-state index in [9.17, 15) is 4.79 Å². The lowest BCUT2D eigenvalue weighted by Crippen LogP contribution is -2.49. The molecule has 0 atom stereocenters. The number of benzene rings is 1. The first kappa shape index (κ1) is 13.5. The lowest BCUT2D eigenvalue weighted by Gasteiger charge is -2.26. The number of para-hydroxylation sites is 1. The van der Waals surface area contributed by atoms with Crippen LogP contribution in [0.1, 0.15) is 37.0 Å². The van der Waals surface area contributed by atoms with Gasteiger partial charge in [-0.15, -0.1) is 0 Å². The van der Waals surface area contributed by atoms with E-state index in [-0.39, 0.29) is 11.4 Å². The van der Waals surface area contributed by atoms with Crippen molar-refractivity contribution in [3.63, 3.8) is 0 Å². The average molecular weight is 235 g/mol. The Morgan fingerprint density at radius 3 is 2.41 bits per heavy atom. The van der Waals surface area contributed by atoms with Crippen LogP contribution in [0.4, 0.5) is 5.69 Å². The van der Waals surface area contributed by atoms with Gasteiger partial charge in [-0.25, -0.2) is 0 Å². The van der Waals surface area contributed by atoms with Gasteiger partial charge in [0.1, 0.15) is 0 Å². The normalized spacial score (nSPS) is 11.2. The van der Waals surface area contributed by atoms with Gasteiger partial charge in [-0.3, -0.25) is 4.79 Å². The number of anilines is 1. The molecule has 0 fully saturated rings. The van der Waals surface area contributed by atoms with E-state index < -0.39 is 0 Å². The van der Waals surface area contributed by atoms with E-state index in [1.54, 1.807) is 24.3 Å². The van der Waals surface area contributed by atoms with E-state index >= 15 is 0 Å². The fourth-order valence-corrected chi connectivity index (χ4v) is 1.56. The van der Waals surface area contributed by atoms with Crippen molar-refractivity contribution in [3.8, 4) is 0 Å². The van der Waals surface area contributed by atoms with Crippen molar-refractivity contribution < 1.29 is 4.79 Å². The summed E-state index contributed by atoms with van der Waals surface area (Å²) < 4.78 is 0. The number of hydrogen-bond donors (Lipinski definition) is 3. The number of amides is 1. The van der Waals surface area contributed by atoms with Crippen LogP contribution in [-0.4, -0.2) is 18.0 Å². The van der Waals surface area contributed by atoms with E-state index in [0.717, 1.165) is 12.8 Å². The number of carbonyl (C=O) groups is 1. The minimum atomic E-state index is -0.334. The van der Waals surface area contributed by atoms with E-state index in [2.05, 4.69) is 5.32 Å². The molecule has 4 nitrogen and oxygen atoms in total. The van der Waals surface area contributed by atoms with Gasteiger partial charge >= 0.3 is 0 Å². The maximum Gasteiger partial charge on any atom is 0.253 e. The predicted octanol–water partition coefficient (Wildman–Crippen LogP) is 1.52. The highest BCUT2D eigenvalue weighted by Crippen LogP contribution is 2.12. The fourth-order valence-electron chi connectivity index (χ4n) is 1.56. The van der Waals surface area contributed by atoms with Crippen molar-refractivity contribution in [2.45, 2.75) is 32.2 Å². The standard InChI is InChI=1S/C13H21N3O/c1-3-13(15,4-2)9-16-12(17)10-7-5-6-8-11(10)14/h5-8H,3-4,9,14-15H2,1-2H3,(H,16,17). The first-order valence-electron chi connectivity index (χ1n) is 5.94. The summed E-state index contributed by atoms with van der Waals surface area (Å²) in [5.41, 5.74) is 12.5. The van der Waals surface area contributed by atoms with Crippen molar-refractivity contribution in [2.24, 2.45) is 5.73 Å². The van der Waals surface area contributed by atoms with Crippen molar-refractivity contribution in [1.29, 1.82) is 0 Å². The smallest absolute Gasteiger partial charge is 0.253 e. The molecule has 0 aliphatic rings. The zero-order valence-electron chi connectivity index (χ0n) is 10.5. The minimum absolute atomic E-state index is 0.167. The molecule has 4 heteroatoms. The summed E-state index contributed by atoms with van der Waals surface area (Å²) in [5.74, 6) is -0.167. The van der Waals surface area contributed by atoms with Gasteiger partial charge < -0.3 is 16.8 Å². The van der Waals surface area contributed by atoms with Crippen LogP contribution in [0.25, 0.3) is 0 Å². The number of hydrogen-bond acceptors (Lipinski definition) is 3. The van der Waals surface area contributed by atoms with Gasteiger partial charge in [-0.05, 0) is 25.0 Å². The van der Waals surface area contributed by atoms with Gasteiger partial charge in [0.15, 0.2) is 0 Å². The van der Waals surface area contributed by atoms with Gasteiger partial charge in [-0.2, -0.15) is 0 Å². The summed E-state index contributed by atoms with van der Waals surface area (Å²) in [4.78, 5) is 11.9. The molecular weight excluding hydrogens is 214 g/mol. The van der Waals surface area contributed by atoms with Gasteiger partial charge in [0.25, 0.3) is 5.91 Å². The molecule has 5 N–H and O–H groups in total. The van der Waals surface area contributed by atoms with Gasteiger partial charge in [0.2, 0.25) is 0 Å². The maximum absolute atomic E-state index is 11.9. The molecule has 0 bridgehead atoms. The summed E-state index contributed by atoms with van der Waals surface area (Å²) in [6, 6.07) is 7.02. The summed E-state index contributed by atoms with van der Waals surface area (Å²) >= 11 is 0. The maximum atomic E-state index is 11.9. The van der Waals surface area contributed by atoms with E-state index in [1.165, 1.54) is 0 Å². The number of nitrogens with two attached hydrogens (primary N) is 2. The number of nitrogen functional groups attached to an aromatic ring is 1. The first-order chi connectivity index (χ1) is 8.02. The van der Waals surface area contributed by atoms with Crippen LogP contribution >= 0.6 is 0 Å². The molecule has 1 amide bonds. The van der Waals surface area contributed by atoms with Crippen LogP contribution in [-0.2, 0) is 0 Å². The Labute approximate surface area is 102 Å². The van der Waals surface area contributed by atoms with Crippen LogP contribution in [0, 0.1) is 0 Å². The van der Waals surface area contributed by atoms with Crippen LogP contribution in [0.5, 0.6) is 0 Å². The Bertz CT molecular complexity index is 386. The first-order valence-corrected chi connectivity index (χ1v) is 5.94. The second kappa shape index (κ2) is 5.68. The highest BCUT2D eigenvalue weighted by molar-refractivity contribution is 5.99. The molecule has 0 heterocycles. The zero-order valence-corrected chi connectivity index (χ0v) is 10.5. The quantitative estimate of drug-likeness (QED) is 0.677. The minimum Gasteiger partial charge on any atom is -0.398 e. The molecule has 0 unspecified atom stereocenters. The molecule has 1 rings (SSSR count). The molecule has 0 saturated heterocycles. The molecule has 0 radical (unpaired) electrons. The van der Waals surface area contributed by atoms with Crippen LogP contribution < -0.4 is 16.8 Å². The fraction of sp³-hybridized carbons (Fsp3) is 0.462. The molecule has 0 aromatic heterocycles. The Morgan fingerprint density at radius 2 is 1.88 bits per heavy atom. The van der Waals surface area contributed by atoms with Crippen molar-refractivity contribution in [3.05, 3.63) is 29.8 Å². The molecule has 1 aromatic carbocycles. The topological polar surface area (TPSA) is 81.1 Å². The van der Waals surface area contributed by atoms with Crippen LogP contribution in [0.3, 0.4) is 0 Å². The second-order valence-electron chi connectivity index (χ2n) is 4.34. The van der Waals surface area contributed by atoms with Crippen LogP contribution in [0.15, 0.2) is 24.3 Å². The van der Waals surface area contributed by atoms with Gasteiger partial charge in [0, 0.05) is 17.8 Å². The highest BCUT2D eigenvalue weighted by atomic mass is 16.1. The Kier molecular flexibility index (Phi) is 4.52. The van der Waals surface area contributed by atoms with Crippen molar-refractivity contribution in [2.75, 3.05) is 12.3 Å². The molecule has 17 heavy (non-hydrogen) atoms. The van der Waals surface area contributed by atoms with E-state index in [0.29, 0.717) is 17.8 Å². The molecule has 0 saturated carbocycles. The third-order valence-corrected chi connectivity index (χ3v) is 3.21. The molecule has 0 aliphatic heterocycles.